The van der Waals surface area contributed by atoms with Crippen LogP contribution in [0.1, 0.15) is 25.7 Å². The van der Waals surface area contributed by atoms with Crippen LogP contribution in [-0.2, 0) is 14.3 Å². The molecule has 2 rings (SSSR count). The van der Waals surface area contributed by atoms with Crippen LogP contribution in [0.15, 0.2) is 22.7 Å². The third-order valence-corrected chi connectivity index (χ3v) is 4.17. The second-order valence-electron chi connectivity index (χ2n) is 5.53. The number of nitrogens with one attached hydrogen (secondary N) is 2. The lowest BCUT2D eigenvalue weighted by Crippen LogP contribution is -2.45. The minimum absolute atomic E-state index is 0.0814. The van der Waals surface area contributed by atoms with Crippen molar-refractivity contribution in [1.82, 2.24) is 10.6 Å². The van der Waals surface area contributed by atoms with Gasteiger partial charge in [0.25, 0.3) is 5.91 Å². The van der Waals surface area contributed by atoms with Crippen molar-refractivity contribution in [3.8, 4) is 5.75 Å². The molecule has 0 radical (unpaired) electrons. The Morgan fingerprint density at radius 2 is 1.92 bits per heavy atom. The van der Waals surface area contributed by atoms with Crippen molar-refractivity contribution in [2.45, 2.75) is 31.7 Å². The van der Waals surface area contributed by atoms with Gasteiger partial charge in [0, 0.05) is 6.04 Å². The van der Waals surface area contributed by atoms with Crippen molar-refractivity contribution in [1.29, 1.82) is 0 Å². The number of carbonyl (C=O) groups excluding carboxylic acids is 3. The summed E-state index contributed by atoms with van der Waals surface area (Å²) in [6, 6.07) is 3.21. The van der Waals surface area contributed by atoms with Crippen molar-refractivity contribution in [3.63, 3.8) is 0 Å². The number of carbonyl (C=O) groups is 3. The van der Waals surface area contributed by atoms with E-state index in [4.69, 9.17) is 9.47 Å². The first-order chi connectivity index (χ1) is 11.9. The van der Waals surface area contributed by atoms with Gasteiger partial charge in [-0.3, -0.25) is 10.1 Å². The maximum atomic E-state index is 12.9. The average molecular weight is 417 g/mol. The van der Waals surface area contributed by atoms with E-state index in [2.05, 4.69) is 26.6 Å². The van der Waals surface area contributed by atoms with Crippen molar-refractivity contribution in [3.05, 3.63) is 28.5 Å². The van der Waals surface area contributed by atoms with Gasteiger partial charge in [-0.25, -0.2) is 14.0 Å². The van der Waals surface area contributed by atoms with E-state index >= 15 is 0 Å². The standard InChI is InChI=1S/C16H18BrFN2O5/c17-12-7-10(18)5-6-13(12)24-9-15(22)25-8-14(21)20-16(23)19-11-3-1-2-4-11/h5-7,11H,1-4,8-9H2,(H2,19,20,21,23). The zero-order valence-electron chi connectivity index (χ0n) is 13.3. The Kier molecular flexibility index (Phi) is 7.17. The summed E-state index contributed by atoms with van der Waals surface area (Å²) in [7, 11) is 0. The summed E-state index contributed by atoms with van der Waals surface area (Å²) >= 11 is 3.10. The molecule has 0 unspecified atom stereocenters. The van der Waals surface area contributed by atoms with Crippen LogP contribution in [0.5, 0.6) is 5.75 Å². The Labute approximate surface area is 152 Å². The van der Waals surface area contributed by atoms with E-state index in [1.165, 1.54) is 18.2 Å². The van der Waals surface area contributed by atoms with Gasteiger partial charge in [0.2, 0.25) is 0 Å². The molecule has 0 atom stereocenters. The van der Waals surface area contributed by atoms with E-state index in [-0.39, 0.29) is 11.8 Å². The summed E-state index contributed by atoms with van der Waals surface area (Å²) in [6.07, 6.45) is 3.90. The molecule has 9 heteroatoms. The fraction of sp³-hybridized carbons (Fsp3) is 0.438. The molecule has 0 aliphatic heterocycles. The smallest absolute Gasteiger partial charge is 0.344 e. The number of imide groups is 1. The van der Waals surface area contributed by atoms with Gasteiger partial charge in [-0.15, -0.1) is 0 Å². The molecular formula is C16H18BrFN2O5. The molecule has 1 fully saturated rings. The maximum Gasteiger partial charge on any atom is 0.344 e. The van der Waals surface area contributed by atoms with Gasteiger partial charge in [0.1, 0.15) is 11.6 Å². The average Bonchev–Trinajstić information content (AvgIpc) is 3.04. The largest absolute Gasteiger partial charge is 0.481 e. The number of hydrogen-bond donors (Lipinski definition) is 2. The first-order valence-electron chi connectivity index (χ1n) is 7.78. The minimum atomic E-state index is -0.789. The van der Waals surface area contributed by atoms with E-state index in [0.717, 1.165) is 25.7 Å². The van der Waals surface area contributed by atoms with Crippen molar-refractivity contribution in [2.24, 2.45) is 0 Å². The summed E-state index contributed by atoms with van der Waals surface area (Å²) in [4.78, 5) is 34.7. The molecule has 1 aromatic rings. The summed E-state index contributed by atoms with van der Waals surface area (Å²) in [5.74, 6) is -1.71. The second-order valence-corrected chi connectivity index (χ2v) is 6.38. The maximum absolute atomic E-state index is 12.9. The number of ether oxygens (including phenoxy) is 2. The number of esters is 1. The lowest BCUT2D eigenvalue weighted by molar-refractivity contribution is -0.150. The SMILES string of the molecule is O=C(COC(=O)COc1ccc(F)cc1Br)NC(=O)NC1CCCC1. The van der Waals surface area contributed by atoms with Gasteiger partial charge in [0.05, 0.1) is 4.47 Å². The van der Waals surface area contributed by atoms with E-state index < -0.39 is 36.9 Å². The third kappa shape index (κ3) is 6.69. The van der Waals surface area contributed by atoms with Gasteiger partial charge in [0.15, 0.2) is 13.2 Å². The molecule has 0 aromatic heterocycles. The third-order valence-electron chi connectivity index (χ3n) is 3.55. The molecule has 3 amide bonds. The summed E-state index contributed by atoms with van der Waals surface area (Å²) in [5, 5.41) is 4.78. The van der Waals surface area contributed by atoms with E-state index in [9.17, 15) is 18.8 Å². The van der Waals surface area contributed by atoms with Gasteiger partial charge < -0.3 is 14.8 Å². The molecule has 1 aromatic carbocycles. The molecule has 136 valence electrons. The first-order valence-corrected chi connectivity index (χ1v) is 8.57. The predicted molar refractivity (Wildman–Crippen MR) is 89.5 cm³/mol. The molecule has 1 aliphatic carbocycles. The molecule has 2 N–H and O–H groups in total. The van der Waals surface area contributed by atoms with Crippen molar-refractivity contribution < 1.29 is 28.2 Å². The quantitative estimate of drug-likeness (QED) is 0.693. The summed E-state index contributed by atoms with van der Waals surface area (Å²) in [5.41, 5.74) is 0. The van der Waals surface area contributed by atoms with Crippen LogP contribution in [0.2, 0.25) is 0 Å². The molecule has 7 nitrogen and oxygen atoms in total. The van der Waals surface area contributed by atoms with Crippen LogP contribution < -0.4 is 15.4 Å². The Bertz CT molecular complexity index is 649. The topological polar surface area (TPSA) is 93.7 Å². The number of urea groups is 1. The Balaban J connectivity index is 1.65. The van der Waals surface area contributed by atoms with Crippen LogP contribution in [0.25, 0.3) is 0 Å². The monoisotopic (exact) mass is 416 g/mol. The fourth-order valence-electron chi connectivity index (χ4n) is 2.37. The zero-order valence-corrected chi connectivity index (χ0v) is 14.9. The molecule has 0 heterocycles. The number of rotatable bonds is 6. The van der Waals surface area contributed by atoms with Crippen molar-refractivity contribution >= 4 is 33.8 Å². The molecule has 1 saturated carbocycles. The number of halogens is 2. The lowest BCUT2D eigenvalue weighted by atomic mass is 10.2. The number of benzene rings is 1. The molecular weight excluding hydrogens is 399 g/mol. The molecule has 0 bridgehead atoms. The molecule has 0 saturated heterocycles. The van der Waals surface area contributed by atoms with Gasteiger partial charge in [-0.05, 0) is 47.0 Å². The second kappa shape index (κ2) is 9.36. The highest BCUT2D eigenvalue weighted by molar-refractivity contribution is 9.10. The highest BCUT2D eigenvalue weighted by Crippen LogP contribution is 2.25. The van der Waals surface area contributed by atoms with E-state index in [1.807, 2.05) is 0 Å². The first kappa shape index (κ1) is 19.2. The van der Waals surface area contributed by atoms with E-state index in [1.54, 1.807) is 0 Å². The van der Waals surface area contributed by atoms with Crippen LogP contribution in [0.4, 0.5) is 9.18 Å². The summed E-state index contributed by atoms with van der Waals surface area (Å²) < 4.78 is 23.2. The highest BCUT2D eigenvalue weighted by atomic mass is 79.9. The molecule has 1 aliphatic rings. The van der Waals surface area contributed by atoms with E-state index in [0.29, 0.717) is 4.47 Å². The minimum Gasteiger partial charge on any atom is -0.481 e. The summed E-state index contributed by atoms with van der Waals surface area (Å²) in [6.45, 7) is -1.04. The number of amides is 3. The lowest BCUT2D eigenvalue weighted by Gasteiger charge is -2.12. The molecule has 0 spiro atoms. The Hall–Kier alpha value is -2.16. The van der Waals surface area contributed by atoms with Crippen LogP contribution in [-0.4, -0.2) is 37.2 Å². The predicted octanol–water partition coefficient (Wildman–Crippen LogP) is 2.28. The van der Waals surface area contributed by atoms with Gasteiger partial charge in [-0.1, -0.05) is 12.8 Å². The van der Waals surface area contributed by atoms with Crippen LogP contribution in [0, 0.1) is 5.82 Å². The normalized spacial score (nSPS) is 14.0. The van der Waals surface area contributed by atoms with Crippen LogP contribution in [0.3, 0.4) is 0 Å². The Morgan fingerprint density at radius 3 is 2.60 bits per heavy atom. The van der Waals surface area contributed by atoms with Crippen molar-refractivity contribution in [2.75, 3.05) is 13.2 Å². The zero-order chi connectivity index (χ0) is 18.2. The highest BCUT2D eigenvalue weighted by Gasteiger charge is 2.18. The molecule has 25 heavy (non-hydrogen) atoms. The number of hydrogen-bond acceptors (Lipinski definition) is 5. The van der Waals surface area contributed by atoms with Gasteiger partial charge >= 0.3 is 12.0 Å². The Morgan fingerprint density at radius 1 is 1.20 bits per heavy atom. The van der Waals surface area contributed by atoms with Crippen LogP contribution >= 0.6 is 15.9 Å². The fourth-order valence-corrected chi connectivity index (χ4v) is 2.84. The van der Waals surface area contributed by atoms with Gasteiger partial charge in [-0.2, -0.15) is 0 Å².